The molecule has 2 aromatic carbocycles. The van der Waals surface area contributed by atoms with E-state index >= 15 is 0 Å². The summed E-state index contributed by atoms with van der Waals surface area (Å²) < 4.78 is 6.27. The van der Waals surface area contributed by atoms with Crippen molar-refractivity contribution in [2.24, 2.45) is 5.92 Å². The minimum atomic E-state index is -0.524. The van der Waals surface area contributed by atoms with Crippen LogP contribution in [-0.4, -0.2) is 11.9 Å². The van der Waals surface area contributed by atoms with E-state index in [1.165, 1.54) is 0 Å². The lowest BCUT2D eigenvalue weighted by Crippen LogP contribution is -2.25. The molecule has 22 heavy (non-hydrogen) atoms. The summed E-state index contributed by atoms with van der Waals surface area (Å²) in [6.07, 6.45) is -0.425. The summed E-state index contributed by atoms with van der Waals surface area (Å²) in [6, 6.07) is 16.6. The van der Waals surface area contributed by atoms with Gasteiger partial charge in [0.25, 0.3) is 0 Å². The van der Waals surface area contributed by atoms with Crippen molar-refractivity contribution in [3.63, 3.8) is 0 Å². The fraction of sp³-hybridized carbons (Fsp3) is 0.176. The van der Waals surface area contributed by atoms with E-state index in [-0.39, 0.29) is 18.3 Å². The summed E-state index contributed by atoms with van der Waals surface area (Å²) in [5.74, 6) is -1.06. The topological polar surface area (TPSA) is 55.4 Å². The molecule has 3 rings (SSSR count). The van der Waals surface area contributed by atoms with Gasteiger partial charge >= 0.3 is 5.97 Å². The molecule has 1 aliphatic rings. The summed E-state index contributed by atoms with van der Waals surface area (Å²) in [5, 5.41) is 2.84. The van der Waals surface area contributed by atoms with Crippen molar-refractivity contribution in [1.29, 1.82) is 0 Å². The van der Waals surface area contributed by atoms with E-state index in [1.807, 2.05) is 42.5 Å². The Labute approximate surface area is 136 Å². The number of rotatable bonds is 3. The van der Waals surface area contributed by atoms with Crippen molar-refractivity contribution in [2.75, 3.05) is 5.32 Å². The fourth-order valence-corrected chi connectivity index (χ4v) is 2.76. The van der Waals surface area contributed by atoms with Crippen LogP contribution in [0.1, 0.15) is 18.1 Å². The number of ether oxygens (including phenoxy) is 1. The monoisotopic (exact) mass is 359 g/mol. The highest BCUT2D eigenvalue weighted by Gasteiger charge is 2.40. The molecule has 0 unspecified atom stereocenters. The Morgan fingerprint density at radius 1 is 1.09 bits per heavy atom. The molecule has 1 fully saturated rings. The first-order valence-corrected chi connectivity index (χ1v) is 7.73. The standard InChI is InChI=1S/C17H14BrNO3/c18-12-6-8-13(9-7-12)19-17(21)14-10-15(20)22-16(14)11-4-2-1-3-5-11/h1-9,14,16H,10H2,(H,19,21)/t14-,16-/m0/s1. The SMILES string of the molecule is O=C1C[C@H](C(=O)Nc2ccc(Br)cc2)[C@H](c2ccccc2)O1. The lowest BCUT2D eigenvalue weighted by molar-refractivity contribution is -0.141. The molecule has 2 atom stereocenters. The summed E-state index contributed by atoms with van der Waals surface area (Å²) >= 11 is 3.35. The maximum Gasteiger partial charge on any atom is 0.307 e. The van der Waals surface area contributed by atoms with Gasteiger partial charge < -0.3 is 10.1 Å². The third-order valence-electron chi connectivity index (χ3n) is 3.59. The quantitative estimate of drug-likeness (QED) is 0.850. The smallest absolute Gasteiger partial charge is 0.307 e. The summed E-state index contributed by atoms with van der Waals surface area (Å²) in [7, 11) is 0. The van der Waals surface area contributed by atoms with Gasteiger partial charge in [0.15, 0.2) is 0 Å². The molecular formula is C17H14BrNO3. The van der Waals surface area contributed by atoms with Crippen molar-refractivity contribution >= 4 is 33.5 Å². The number of esters is 1. The molecule has 2 aromatic rings. The molecule has 0 spiro atoms. The van der Waals surface area contributed by atoms with Gasteiger partial charge in [0, 0.05) is 10.2 Å². The normalized spacial score (nSPS) is 20.5. The first kappa shape index (κ1) is 14.8. The molecule has 112 valence electrons. The number of hydrogen-bond donors (Lipinski definition) is 1. The summed E-state index contributed by atoms with van der Waals surface area (Å²) in [4.78, 5) is 24.1. The molecule has 0 aliphatic carbocycles. The Morgan fingerprint density at radius 2 is 1.77 bits per heavy atom. The molecule has 0 aromatic heterocycles. The van der Waals surface area contributed by atoms with E-state index in [0.717, 1.165) is 10.0 Å². The number of anilines is 1. The van der Waals surface area contributed by atoms with E-state index in [4.69, 9.17) is 4.74 Å². The molecule has 1 aliphatic heterocycles. The Balaban J connectivity index is 1.78. The highest BCUT2D eigenvalue weighted by molar-refractivity contribution is 9.10. The molecule has 0 bridgehead atoms. The van der Waals surface area contributed by atoms with E-state index in [2.05, 4.69) is 21.2 Å². The molecular weight excluding hydrogens is 346 g/mol. The Hall–Kier alpha value is -2.14. The van der Waals surface area contributed by atoms with Crippen LogP contribution in [0.5, 0.6) is 0 Å². The van der Waals surface area contributed by atoms with Crippen LogP contribution >= 0.6 is 15.9 Å². The zero-order chi connectivity index (χ0) is 15.5. The number of benzene rings is 2. The number of cyclic esters (lactones) is 1. The first-order valence-electron chi connectivity index (χ1n) is 6.94. The van der Waals surface area contributed by atoms with Gasteiger partial charge in [0.05, 0.1) is 12.3 Å². The third-order valence-corrected chi connectivity index (χ3v) is 4.12. The number of amides is 1. The average molecular weight is 360 g/mol. The van der Waals surface area contributed by atoms with E-state index in [0.29, 0.717) is 5.69 Å². The molecule has 1 N–H and O–H groups in total. The molecule has 1 amide bonds. The Morgan fingerprint density at radius 3 is 2.45 bits per heavy atom. The lowest BCUT2D eigenvalue weighted by atomic mass is 9.94. The number of halogens is 1. The molecule has 0 saturated carbocycles. The van der Waals surface area contributed by atoms with Gasteiger partial charge in [0.2, 0.25) is 5.91 Å². The molecule has 0 radical (unpaired) electrons. The van der Waals surface area contributed by atoms with Gasteiger partial charge in [0.1, 0.15) is 6.10 Å². The van der Waals surface area contributed by atoms with Crippen molar-refractivity contribution in [2.45, 2.75) is 12.5 Å². The van der Waals surface area contributed by atoms with Crippen LogP contribution in [0.25, 0.3) is 0 Å². The van der Waals surface area contributed by atoms with Crippen LogP contribution in [0.15, 0.2) is 59.1 Å². The maximum absolute atomic E-state index is 12.5. The Bertz CT molecular complexity index is 685. The van der Waals surface area contributed by atoms with Gasteiger partial charge in [-0.05, 0) is 29.8 Å². The fourth-order valence-electron chi connectivity index (χ4n) is 2.50. The zero-order valence-corrected chi connectivity index (χ0v) is 13.2. The molecule has 1 heterocycles. The summed E-state index contributed by atoms with van der Waals surface area (Å²) in [6.45, 7) is 0. The van der Waals surface area contributed by atoms with E-state index in [9.17, 15) is 9.59 Å². The molecule has 4 nitrogen and oxygen atoms in total. The predicted octanol–water partition coefficient (Wildman–Crippen LogP) is 3.69. The highest BCUT2D eigenvalue weighted by Crippen LogP contribution is 2.36. The Kier molecular flexibility index (Phi) is 4.24. The predicted molar refractivity (Wildman–Crippen MR) is 86.2 cm³/mol. The van der Waals surface area contributed by atoms with Crippen LogP contribution in [0, 0.1) is 5.92 Å². The second kappa shape index (κ2) is 6.32. The van der Waals surface area contributed by atoms with Crippen molar-refractivity contribution < 1.29 is 14.3 Å². The maximum atomic E-state index is 12.5. The van der Waals surface area contributed by atoms with Crippen LogP contribution in [0.2, 0.25) is 0 Å². The lowest BCUT2D eigenvalue weighted by Gasteiger charge is -2.17. The largest absolute Gasteiger partial charge is 0.457 e. The number of nitrogens with one attached hydrogen (secondary N) is 1. The molecule has 5 heteroatoms. The van der Waals surface area contributed by atoms with Gasteiger partial charge in [-0.2, -0.15) is 0 Å². The van der Waals surface area contributed by atoms with Gasteiger partial charge in [-0.15, -0.1) is 0 Å². The number of carbonyl (C=O) groups excluding carboxylic acids is 2. The van der Waals surface area contributed by atoms with Crippen LogP contribution in [-0.2, 0) is 14.3 Å². The minimum absolute atomic E-state index is 0.0991. The average Bonchev–Trinajstić information content (AvgIpc) is 2.92. The van der Waals surface area contributed by atoms with Gasteiger partial charge in [-0.3, -0.25) is 9.59 Å². The van der Waals surface area contributed by atoms with Crippen LogP contribution in [0.4, 0.5) is 5.69 Å². The highest BCUT2D eigenvalue weighted by atomic mass is 79.9. The molecule has 1 saturated heterocycles. The second-order valence-corrected chi connectivity index (χ2v) is 6.04. The van der Waals surface area contributed by atoms with Crippen molar-refractivity contribution in [3.8, 4) is 0 Å². The number of carbonyl (C=O) groups is 2. The van der Waals surface area contributed by atoms with E-state index < -0.39 is 12.0 Å². The third kappa shape index (κ3) is 3.20. The second-order valence-electron chi connectivity index (χ2n) is 5.13. The summed E-state index contributed by atoms with van der Waals surface area (Å²) in [5.41, 5.74) is 1.53. The van der Waals surface area contributed by atoms with E-state index in [1.54, 1.807) is 12.1 Å². The van der Waals surface area contributed by atoms with Crippen molar-refractivity contribution in [3.05, 3.63) is 64.6 Å². The van der Waals surface area contributed by atoms with Gasteiger partial charge in [-0.25, -0.2) is 0 Å². The van der Waals surface area contributed by atoms with Crippen molar-refractivity contribution in [1.82, 2.24) is 0 Å². The minimum Gasteiger partial charge on any atom is -0.457 e. The van der Waals surface area contributed by atoms with Gasteiger partial charge in [-0.1, -0.05) is 46.3 Å². The zero-order valence-electron chi connectivity index (χ0n) is 11.7. The van der Waals surface area contributed by atoms with Crippen LogP contribution in [0.3, 0.4) is 0 Å². The van der Waals surface area contributed by atoms with Crippen LogP contribution < -0.4 is 5.32 Å². The first-order chi connectivity index (χ1) is 10.6. The number of hydrogen-bond acceptors (Lipinski definition) is 3.